The SMILES string of the molecule is CCN1C(=CC=Cc2cc[n+](CC)c3ccccc23)Oc2ccccc21.[Cl-]. The van der Waals surface area contributed by atoms with Crippen molar-refractivity contribution in [2.75, 3.05) is 11.4 Å². The van der Waals surface area contributed by atoms with Crippen molar-refractivity contribution < 1.29 is 21.7 Å². The van der Waals surface area contributed by atoms with Gasteiger partial charge in [-0.05, 0) is 43.7 Å². The maximum Gasteiger partial charge on any atom is 0.213 e. The molecule has 1 aliphatic rings. The summed E-state index contributed by atoms with van der Waals surface area (Å²) in [7, 11) is 0. The fourth-order valence-corrected chi connectivity index (χ4v) is 3.47. The molecule has 1 aromatic heterocycles. The van der Waals surface area contributed by atoms with E-state index in [1.165, 1.54) is 16.5 Å². The van der Waals surface area contributed by atoms with Gasteiger partial charge in [0, 0.05) is 18.7 Å². The molecular formula is C23H23ClN2O. The average Bonchev–Trinajstić information content (AvgIpc) is 3.05. The number of benzene rings is 2. The highest BCUT2D eigenvalue weighted by Crippen LogP contribution is 2.38. The fourth-order valence-electron chi connectivity index (χ4n) is 3.47. The summed E-state index contributed by atoms with van der Waals surface area (Å²) >= 11 is 0. The fraction of sp³-hybridized carbons (Fsp3) is 0.174. The van der Waals surface area contributed by atoms with Gasteiger partial charge >= 0.3 is 0 Å². The minimum Gasteiger partial charge on any atom is -1.00 e. The summed E-state index contributed by atoms with van der Waals surface area (Å²) in [6.07, 6.45) is 8.41. The van der Waals surface area contributed by atoms with Crippen molar-refractivity contribution in [3.05, 3.63) is 84.4 Å². The molecule has 0 aliphatic carbocycles. The second kappa shape index (κ2) is 8.28. The zero-order chi connectivity index (χ0) is 17.9. The lowest BCUT2D eigenvalue weighted by Gasteiger charge is -2.14. The number of ether oxygens (including phenoxy) is 1. The van der Waals surface area contributed by atoms with Crippen LogP contribution in [0.25, 0.3) is 17.0 Å². The highest BCUT2D eigenvalue weighted by atomic mass is 35.5. The van der Waals surface area contributed by atoms with E-state index in [4.69, 9.17) is 4.74 Å². The number of anilines is 1. The molecule has 3 nitrogen and oxygen atoms in total. The Kier molecular flexibility index (Phi) is 5.82. The van der Waals surface area contributed by atoms with E-state index in [1.807, 2.05) is 24.3 Å². The lowest BCUT2D eigenvalue weighted by molar-refractivity contribution is -0.667. The highest BCUT2D eigenvalue weighted by Gasteiger charge is 2.23. The number of hydrogen-bond donors (Lipinski definition) is 0. The number of aryl methyl sites for hydroxylation is 1. The Morgan fingerprint density at radius 2 is 1.78 bits per heavy atom. The number of nitrogens with zero attached hydrogens (tertiary/aromatic N) is 2. The van der Waals surface area contributed by atoms with Gasteiger partial charge in [0.2, 0.25) is 11.4 Å². The van der Waals surface area contributed by atoms with Gasteiger partial charge < -0.3 is 22.0 Å². The summed E-state index contributed by atoms with van der Waals surface area (Å²) in [5.41, 5.74) is 3.59. The van der Waals surface area contributed by atoms with Crippen LogP contribution in [0.15, 0.2) is 78.8 Å². The molecule has 0 saturated heterocycles. The van der Waals surface area contributed by atoms with Crippen LogP contribution < -0.4 is 26.6 Å². The first-order valence-electron chi connectivity index (χ1n) is 9.15. The number of halogens is 1. The molecule has 2 aromatic carbocycles. The normalized spacial score (nSPS) is 14.4. The number of fused-ring (bicyclic) bond motifs is 2. The first-order chi connectivity index (χ1) is 12.8. The molecule has 0 saturated carbocycles. The van der Waals surface area contributed by atoms with Gasteiger partial charge in [-0.2, -0.15) is 4.57 Å². The molecular weight excluding hydrogens is 356 g/mol. The van der Waals surface area contributed by atoms with Crippen LogP contribution in [0.5, 0.6) is 5.75 Å². The van der Waals surface area contributed by atoms with Crippen LogP contribution in [0.2, 0.25) is 0 Å². The third kappa shape index (κ3) is 3.56. The van der Waals surface area contributed by atoms with E-state index in [2.05, 4.69) is 78.1 Å². The van der Waals surface area contributed by atoms with Crippen LogP contribution in [-0.4, -0.2) is 6.54 Å². The monoisotopic (exact) mass is 378 g/mol. The number of pyridine rings is 1. The van der Waals surface area contributed by atoms with Crippen LogP contribution in [0, 0.1) is 0 Å². The summed E-state index contributed by atoms with van der Waals surface area (Å²) in [5, 5.41) is 1.26. The molecule has 27 heavy (non-hydrogen) atoms. The summed E-state index contributed by atoms with van der Waals surface area (Å²) in [6, 6.07) is 18.9. The zero-order valence-corrected chi connectivity index (χ0v) is 16.4. The maximum absolute atomic E-state index is 6.00. The van der Waals surface area contributed by atoms with Gasteiger partial charge in [-0.3, -0.25) is 0 Å². The summed E-state index contributed by atoms with van der Waals surface area (Å²) in [6.45, 7) is 6.14. The molecule has 0 fully saturated rings. The minimum absolute atomic E-state index is 0. The number of rotatable bonds is 4. The van der Waals surface area contributed by atoms with Crippen molar-refractivity contribution in [3.8, 4) is 5.75 Å². The van der Waals surface area contributed by atoms with E-state index in [0.717, 1.165) is 30.4 Å². The maximum atomic E-state index is 6.00. The predicted octanol–water partition coefficient (Wildman–Crippen LogP) is 1.92. The first-order valence-corrected chi connectivity index (χ1v) is 9.15. The molecule has 0 atom stereocenters. The highest BCUT2D eigenvalue weighted by molar-refractivity contribution is 5.85. The standard InChI is InChI=1S/C23H23N2O.ClH/c1-3-24-17-16-18(19-11-5-6-12-20(19)24)10-9-15-23-25(4-2)21-13-7-8-14-22(21)26-23;/h5-17H,3-4H2,1-2H3;1H/q+1;/p-1. The van der Waals surface area contributed by atoms with E-state index in [-0.39, 0.29) is 12.4 Å². The van der Waals surface area contributed by atoms with Gasteiger partial charge in [0.05, 0.1) is 11.1 Å². The predicted molar refractivity (Wildman–Crippen MR) is 107 cm³/mol. The minimum atomic E-state index is 0. The Morgan fingerprint density at radius 1 is 1.00 bits per heavy atom. The molecule has 0 spiro atoms. The Labute approximate surface area is 166 Å². The second-order valence-electron chi connectivity index (χ2n) is 6.25. The Hall–Kier alpha value is -2.78. The molecule has 1 aliphatic heterocycles. The molecule has 0 bridgehead atoms. The number of aromatic nitrogens is 1. The van der Waals surface area contributed by atoms with Gasteiger partial charge in [0.15, 0.2) is 11.9 Å². The van der Waals surface area contributed by atoms with Gasteiger partial charge in [0.25, 0.3) is 0 Å². The van der Waals surface area contributed by atoms with E-state index >= 15 is 0 Å². The Balaban J connectivity index is 0.00000210. The van der Waals surface area contributed by atoms with Gasteiger partial charge in [0.1, 0.15) is 6.54 Å². The van der Waals surface area contributed by atoms with Crippen molar-refractivity contribution in [2.45, 2.75) is 20.4 Å². The van der Waals surface area contributed by atoms with Crippen molar-refractivity contribution in [1.82, 2.24) is 0 Å². The lowest BCUT2D eigenvalue weighted by Crippen LogP contribution is -3.00. The van der Waals surface area contributed by atoms with E-state index in [9.17, 15) is 0 Å². The van der Waals surface area contributed by atoms with E-state index in [1.54, 1.807) is 0 Å². The Bertz CT molecular complexity index is 1010. The summed E-state index contributed by atoms with van der Waals surface area (Å²) < 4.78 is 8.27. The molecule has 0 N–H and O–H groups in total. The van der Waals surface area contributed by atoms with Crippen molar-refractivity contribution in [1.29, 1.82) is 0 Å². The van der Waals surface area contributed by atoms with E-state index < -0.39 is 0 Å². The summed E-state index contributed by atoms with van der Waals surface area (Å²) in [5.74, 6) is 1.79. The third-order valence-electron chi connectivity index (χ3n) is 4.77. The van der Waals surface area contributed by atoms with Crippen molar-refractivity contribution >= 4 is 22.7 Å². The van der Waals surface area contributed by atoms with Crippen LogP contribution in [0.1, 0.15) is 19.4 Å². The Morgan fingerprint density at radius 3 is 2.59 bits per heavy atom. The molecule has 138 valence electrons. The van der Waals surface area contributed by atoms with Gasteiger partial charge in [-0.1, -0.05) is 36.4 Å². The summed E-state index contributed by atoms with van der Waals surface area (Å²) in [4.78, 5) is 2.19. The van der Waals surface area contributed by atoms with E-state index in [0.29, 0.717) is 0 Å². The average molecular weight is 379 g/mol. The molecule has 0 unspecified atom stereocenters. The van der Waals surface area contributed by atoms with Gasteiger partial charge in [-0.15, -0.1) is 0 Å². The zero-order valence-electron chi connectivity index (χ0n) is 15.6. The van der Waals surface area contributed by atoms with Crippen LogP contribution in [-0.2, 0) is 6.54 Å². The first kappa shape index (κ1) is 19.0. The number of para-hydroxylation sites is 3. The number of allylic oxidation sites excluding steroid dienone is 2. The second-order valence-corrected chi connectivity index (χ2v) is 6.25. The van der Waals surface area contributed by atoms with Crippen molar-refractivity contribution in [3.63, 3.8) is 0 Å². The molecule has 0 radical (unpaired) electrons. The number of hydrogen-bond acceptors (Lipinski definition) is 2. The van der Waals surface area contributed by atoms with Crippen LogP contribution in [0.4, 0.5) is 5.69 Å². The van der Waals surface area contributed by atoms with Gasteiger partial charge in [-0.25, -0.2) is 0 Å². The topological polar surface area (TPSA) is 16.4 Å². The molecule has 0 amide bonds. The molecule has 2 heterocycles. The molecule has 3 aromatic rings. The molecule has 4 heteroatoms. The third-order valence-corrected chi connectivity index (χ3v) is 4.77. The quantitative estimate of drug-likeness (QED) is 0.645. The lowest BCUT2D eigenvalue weighted by atomic mass is 10.1. The smallest absolute Gasteiger partial charge is 0.213 e. The van der Waals surface area contributed by atoms with Crippen LogP contribution in [0.3, 0.4) is 0 Å². The molecule has 4 rings (SSSR count). The van der Waals surface area contributed by atoms with Crippen molar-refractivity contribution in [2.24, 2.45) is 0 Å². The largest absolute Gasteiger partial charge is 1.00 e. The van der Waals surface area contributed by atoms with Crippen LogP contribution >= 0.6 is 0 Å².